The number of nitrogens with one attached hydrogen (secondary N) is 1. The Labute approximate surface area is 51.3 Å². The van der Waals surface area contributed by atoms with Gasteiger partial charge in [0, 0.05) is 11.9 Å². The summed E-state index contributed by atoms with van der Waals surface area (Å²) < 4.78 is 0. The molecule has 0 unspecified atom stereocenters. The topological polar surface area (TPSA) is 62.7 Å². The molecule has 1 heterocycles. The van der Waals surface area contributed by atoms with Gasteiger partial charge in [0.15, 0.2) is 0 Å². The minimum Gasteiger partial charge on any atom is -0.325 e. The highest BCUT2D eigenvalue weighted by molar-refractivity contribution is 7.13. The van der Waals surface area contributed by atoms with E-state index in [4.69, 9.17) is 11.5 Å². The van der Waals surface area contributed by atoms with E-state index in [0.717, 1.165) is 5.69 Å². The molecule has 0 aliphatic rings. The number of hydrogen-bond acceptors (Lipinski definition) is 3. The number of thiazole rings is 1. The van der Waals surface area contributed by atoms with Gasteiger partial charge in [-0.15, -0.1) is 11.3 Å². The predicted octanol–water partition coefficient (Wildman–Crippen LogP) is 0.516. The molecule has 0 aromatic carbocycles. The van der Waals surface area contributed by atoms with Crippen molar-refractivity contribution in [1.82, 2.24) is 10.7 Å². The lowest BCUT2D eigenvalue weighted by Crippen LogP contribution is -1.95. The second kappa shape index (κ2) is 2.11. The lowest BCUT2D eigenvalue weighted by molar-refractivity contribution is 1.01. The normalized spacial score (nSPS) is 9.62. The molecule has 4 heteroatoms. The number of aromatic nitrogens is 1. The second-order valence-electron chi connectivity index (χ2n) is 1.35. The van der Waals surface area contributed by atoms with Crippen molar-refractivity contribution in [2.75, 3.05) is 0 Å². The van der Waals surface area contributed by atoms with Gasteiger partial charge in [0.25, 0.3) is 0 Å². The Bertz CT molecular complexity index is 172. The average Bonchev–Trinajstić information content (AvgIpc) is 2.14. The van der Waals surface area contributed by atoms with E-state index < -0.39 is 0 Å². The highest BCUT2D eigenvalue weighted by atomic mass is 32.1. The first-order valence-corrected chi connectivity index (χ1v) is 3.07. The minimum absolute atomic E-state index is 0.338. The third-order valence-electron chi connectivity index (χ3n) is 0.761. The van der Waals surface area contributed by atoms with Gasteiger partial charge >= 0.3 is 0 Å². The van der Waals surface area contributed by atoms with Gasteiger partial charge in [-0.2, -0.15) is 0 Å². The molecule has 1 aromatic rings. The smallest absolute Gasteiger partial charge is 0.201 e. The van der Waals surface area contributed by atoms with Crippen LogP contribution in [-0.4, -0.2) is 4.98 Å². The van der Waals surface area contributed by atoms with Crippen molar-refractivity contribution >= 4 is 16.5 Å². The van der Waals surface area contributed by atoms with E-state index in [2.05, 4.69) is 4.98 Å². The standard InChI is InChI=1S/C4H6N3S/c5-1-3-2-8-4(6)7-3/h2,6H,1,5H2. The molecule has 0 aliphatic carbocycles. The van der Waals surface area contributed by atoms with Crippen LogP contribution in [0.2, 0.25) is 0 Å². The Kier molecular flexibility index (Phi) is 1.45. The summed E-state index contributed by atoms with van der Waals surface area (Å²) >= 11 is 1.30. The summed E-state index contributed by atoms with van der Waals surface area (Å²) in [6.07, 6.45) is 0. The Balaban J connectivity index is 2.84. The van der Waals surface area contributed by atoms with Crippen LogP contribution in [0.3, 0.4) is 0 Å². The number of nitrogens with two attached hydrogens (primary N) is 1. The van der Waals surface area contributed by atoms with Crippen LogP contribution in [-0.2, 0) is 6.54 Å². The van der Waals surface area contributed by atoms with E-state index in [1.807, 2.05) is 0 Å². The van der Waals surface area contributed by atoms with Crippen molar-refractivity contribution in [3.63, 3.8) is 0 Å². The summed E-state index contributed by atoms with van der Waals surface area (Å²) in [5.41, 5.74) is 13.0. The van der Waals surface area contributed by atoms with Gasteiger partial charge in [-0.1, -0.05) is 0 Å². The molecule has 1 radical (unpaired) electrons. The predicted molar refractivity (Wildman–Crippen MR) is 32.8 cm³/mol. The van der Waals surface area contributed by atoms with Crippen LogP contribution >= 0.6 is 11.3 Å². The summed E-state index contributed by atoms with van der Waals surface area (Å²) in [7, 11) is 0. The van der Waals surface area contributed by atoms with E-state index in [1.54, 1.807) is 5.38 Å². The number of nitrogens with zero attached hydrogens (tertiary/aromatic N) is 1. The van der Waals surface area contributed by atoms with Crippen molar-refractivity contribution in [3.05, 3.63) is 11.1 Å². The van der Waals surface area contributed by atoms with E-state index >= 15 is 0 Å². The average molecular weight is 128 g/mol. The number of rotatable bonds is 1. The summed E-state index contributed by atoms with van der Waals surface area (Å²) in [4.78, 5) is 3.79. The van der Waals surface area contributed by atoms with E-state index in [-0.39, 0.29) is 0 Å². The van der Waals surface area contributed by atoms with Crippen LogP contribution in [0.15, 0.2) is 5.38 Å². The fourth-order valence-electron chi connectivity index (χ4n) is 0.401. The summed E-state index contributed by atoms with van der Waals surface area (Å²) in [5, 5.41) is 2.13. The van der Waals surface area contributed by atoms with Crippen LogP contribution < -0.4 is 11.5 Å². The third kappa shape index (κ3) is 0.962. The summed E-state index contributed by atoms with van der Waals surface area (Å²) in [5.74, 6) is 0. The zero-order valence-corrected chi connectivity index (χ0v) is 5.03. The maximum absolute atomic E-state index is 6.97. The van der Waals surface area contributed by atoms with Crippen LogP contribution in [0.5, 0.6) is 0 Å². The lowest BCUT2D eigenvalue weighted by atomic mass is 10.5. The van der Waals surface area contributed by atoms with Crippen LogP contribution in [0.25, 0.3) is 0 Å². The van der Waals surface area contributed by atoms with Crippen molar-refractivity contribution in [2.24, 2.45) is 5.73 Å². The zero-order valence-electron chi connectivity index (χ0n) is 4.22. The summed E-state index contributed by atoms with van der Waals surface area (Å²) in [6.45, 7) is 0.440. The molecule has 1 aromatic heterocycles. The first-order valence-electron chi connectivity index (χ1n) is 2.19. The second-order valence-corrected chi connectivity index (χ2v) is 2.21. The van der Waals surface area contributed by atoms with Crippen LogP contribution in [0, 0.1) is 0 Å². The van der Waals surface area contributed by atoms with Crippen molar-refractivity contribution in [3.8, 4) is 0 Å². The Morgan fingerprint density at radius 2 is 2.62 bits per heavy atom. The molecule has 0 saturated heterocycles. The molecule has 0 fully saturated rings. The van der Waals surface area contributed by atoms with Crippen molar-refractivity contribution in [1.29, 1.82) is 0 Å². The molecule has 0 aliphatic heterocycles. The van der Waals surface area contributed by atoms with E-state index in [1.165, 1.54) is 11.3 Å². The van der Waals surface area contributed by atoms with Crippen molar-refractivity contribution < 1.29 is 0 Å². The maximum atomic E-state index is 6.97. The van der Waals surface area contributed by atoms with Gasteiger partial charge in [-0.3, -0.25) is 5.73 Å². The number of hydrogen-bond donors (Lipinski definition) is 1. The minimum atomic E-state index is 0.338. The molecule has 8 heavy (non-hydrogen) atoms. The monoisotopic (exact) mass is 128 g/mol. The maximum Gasteiger partial charge on any atom is 0.201 e. The Morgan fingerprint density at radius 1 is 1.88 bits per heavy atom. The lowest BCUT2D eigenvalue weighted by Gasteiger charge is -1.79. The first-order chi connectivity index (χ1) is 3.83. The molecular weight excluding hydrogens is 122 g/mol. The highest BCUT2D eigenvalue weighted by Crippen LogP contribution is 2.10. The molecule has 43 valence electrons. The molecule has 0 amide bonds. The van der Waals surface area contributed by atoms with Crippen molar-refractivity contribution in [2.45, 2.75) is 6.54 Å². The van der Waals surface area contributed by atoms with Gasteiger partial charge in [-0.05, 0) is 0 Å². The summed E-state index contributed by atoms with van der Waals surface area (Å²) in [6, 6.07) is 0. The van der Waals surface area contributed by atoms with Gasteiger partial charge in [0.2, 0.25) is 5.13 Å². The highest BCUT2D eigenvalue weighted by Gasteiger charge is 1.92. The fourth-order valence-corrected chi connectivity index (χ4v) is 0.967. The van der Waals surface area contributed by atoms with E-state index in [9.17, 15) is 0 Å². The van der Waals surface area contributed by atoms with Gasteiger partial charge in [0.05, 0.1) is 5.69 Å². The molecule has 3 nitrogen and oxygen atoms in total. The quantitative estimate of drug-likeness (QED) is 0.599. The molecule has 0 bridgehead atoms. The molecular formula is C4H6N3S. The van der Waals surface area contributed by atoms with Crippen LogP contribution in [0.1, 0.15) is 5.69 Å². The fraction of sp³-hybridized carbons (Fsp3) is 0.250. The van der Waals surface area contributed by atoms with Gasteiger partial charge in [0.1, 0.15) is 0 Å². The van der Waals surface area contributed by atoms with Crippen LogP contribution in [0.4, 0.5) is 5.13 Å². The molecule has 0 saturated carbocycles. The zero-order chi connectivity index (χ0) is 5.98. The largest absolute Gasteiger partial charge is 0.325 e. The first kappa shape index (κ1) is 5.53. The molecule has 3 N–H and O–H groups in total. The van der Waals surface area contributed by atoms with E-state index in [0.29, 0.717) is 11.7 Å². The Hall–Kier alpha value is -0.610. The van der Waals surface area contributed by atoms with Gasteiger partial charge < -0.3 is 5.73 Å². The molecule has 0 atom stereocenters. The SMILES string of the molecule is [NH]c1nc(CN)cs1. The van der Waals surface area contributed by atoms with Gasteiger partial charge in [-0.25, -0.2) is 4.98 Å². The molecule has 1 rings (SSSR count). The Morgan fingerprint density at radius 3 is 2.88 bits per heavy atom. The molecule has 0 spiro atoms. The third-order valence-corrected chi connectivity index (χ3v) is 1.47.